The van der Waals surface area contributed by atoms with Crippen molar-refractivity contribution < 1.29 is 0 Å². The lowest BCUT2D eigenvalue weighted by Crippen LogP contribution is -2.35. The molecule has 0 bridgehead atoms. The van der Waals surface area contributed by atoms with Crippen LogP contribution in [0.4, 0.5) is 0 Å². The fraction of sp³-hybridized carbons (Fsp3) is 0.700. The summed E-state index contributed by atoms with van der Waals surface area (Å²) in [5, 5.41) is 3.86. The molecule has 1 aromatic rings. The molecule has 0 aromatic heterocycles. The van der Waals surface area contributed by atoms with E-state index in [0.29, 0.717) is 12.1 Å². The Morgan fingerprint density at radius 3 is 2.38 bits per heavy atom. The normalized spacial score (nSPS) is 24.8. The van der Waals surface area contributed by atoms with Crippen molar-refractivity contribution in [3.8, 4) is 0 Å². The summed E-state index contributed by atoms with van der Waals surface area (Å²) in [5.74, 6) is 0.937. The fourth-order valence-electron chi connectivity index (χ4n) is 3.53. The topological polar surface area (TPSA) is 12.0 Å². The minimum atomic E-state index is 0.243. The summed E-state index contributed by atoms with van der Waals surface area (Å²) in [4.78, 5) is 0. The number of hydrogen-bond acceptors (Lipinski definition) is 1. The van der Waals surface area contributed by atoms with Gasteiger partial charge >= 0.3 is 0 Å². The zero-order valence-corrected chi connectivity index (χ0v) is 14.6. The first-order valence-electron chi connectivity index (χ1n) is 8.76. The van der Waals surface area contributed by atoms with Gasteiger partial charge in [-0.1, -0.05) is 71.2 Å². The molecular weight excluding hydrogens is 254 g/mol. The Labute approximate surface area is 131 Å². The van der Waals surface area contributed by atoms with E-state index in [9.17, 15) is 0 Å². The molecule has 118 valence electrons. The van der Waals surface area contributed by atoms with Crippen molar-refractivity contribution in [1.82, 2.24) is 5.32 Å². The third-order valence-electron chi connectivity index (χ3n) is 5.12. The molecule has 3 unspecified atom stereocenters. The molecule has 1 aromatic carbocycles. The van der Waals surface area contributed by atoms with E-state index < -0.39 is 0 Å². The summed E-state index contributed by atoms with van der Waals surface area (Å²) in [6, 6.07) is 10.4. The van der Waals surface area contributed by atoms with Crippen LogP contribution in [0.3, 0.4) is 0 Å². The van der Waals surface area contributed by atoms with Gasteiger partial charge in [-0.05, 0) is 42.2 Å². The van der Waals surface area contributed by atoms with Crippen molar-refractivity contribution >= 4 is 0 Å². The summed E-state index contributed by atoms with van der Waals surface area (Å²) in [7, 11) is 0. The van der Waals surface area contributed by atoms with Gasteiger partial charge in [-0.2, -0.15) is 0 Å². The lowest BCUT2D eigenvalue weighted by atomic mass is 9.83. The Bertz CT molecular complexity index is 426. The number of nitrogens with one attached hydrogen (secondary N) is 1. The summed E-state index contributed by atoms with van der Waals surface area (Å²) >= 11 is 0. The number of hydrogen-bond donors (Lipinski definition) is 1. The Morgan fingerprint density at radius 1 is 1.14 bits per heavy atom. The minimum Gasteiger partial charge on any atom is -0.307 e. The molecule has 0 radical (unpaired) electrons. The van der Waals surface area contributed by atoms with E-state index in [-0.39, 0.29) is 5.41 Å². The molecule has 1 N–H and O–H groups in total. The highest BCUT2D eigenvalue weighted by atomic mass is 14.9. The average molecular weight is 287 g/mol. The van der Waals surface area contributed by atoms with Crippen molar-refractivity contribution in [2.45, 2.75) is 84.2 Å². The minimum absolute atomic E-state index is 0.243. The van der Waals surface area contributed by atoms with Crippen LogP contribution in [0.15, 0.2) is 24.3 Å². The molecule has 1 saturated carbocycles. The van der Waals surface area contributed by atoms with Crippen LogP contribution >= 0.6 is 0 Å². The Balaban J connectivity index is 1.95. The molecule has 3 atom stereocenters. The van der Waals surface area contributed by atoms with Crippen molar-refractivity contribution in [1.29, 1.82) is 0 Å². The lowest BCUT2D eigenvalue weighted by molar-refractivity contribution is 0.266. The van der Waals surface area contributed by atoms with Crippen LogP contribution in [0.5, 0.6) is 0 Å². The van der Waals surface area contributed by atoms with Crippen LogP contribution in [0.2, 0.25) is 0 Å². The number of rotatable bonds is 4. The van der Waals surface area contributed by atoms with Gasteiger partial charge in [0.25, 0.3) is 0 Å². The molecule has 0 amide bonds. The molecule has 1 aliphatic rings. The lowest BCUT2D eigenvalue weighted by Gasteiger charge is -2.31. The molecule has 1 aliphatic carbocycles. The van der Waals surface area contributed by atoms with E-state index in [4.69, 9.17) is 0 Å². The van der Waals surface area contributed by atoms with Crippen LogP contribution in [0.1, 0.15) is 83.9 Å². The van der Waals surface area contributed by atoms with Gasteiger partial charge in [-0.15, -0.1) is 0 Å². The molecule has 2 rings (SSSR count). The predicted octanol–water partition coefficient (Wildman–Crippen LogP) is 5.60. The second-order valence-corrected chi connectivity index (χ2v) is 7.90. The third-order valence-corrected chi connectivity index (χ3v) is 5.12. The van der Waals surface area contributed by atoms with Gasteiger partial charge in [0.1, 0.15) is 0 Å². The van der Waals surface area contributed by atoms with E-state index in [1.807, 2.05) is 0 Å². The summed E-state index contributed by atoms with van der Waals surface area (Å²) < 4.78 is 0. The summed E-state index contributed by atoms with van der Waals surface area (Å²) in [6.07, 6.45) is 6.88. The summed E-state index contributed by atoms with van der Waals surface area (Å²) in [5.41, 5.74) is 3.08. The first kappa shape index (κ1) is 16.5. The van der Waals surface area contributed by atoms with Gasteiger partial charge in [0.2, 0.25) is 0 Å². The fourth-order valence-corrected chi connectivity index (χ4v) is 3.53. The SMILES string of the molecule is CCC1CCCC(NC(C)c2ccc(C(C)(C)C)cc2)C1. The maximum Gasteiger partial charge on any atom is 0.0294 e. The van der Waals surface area contributed by atoms with Crippen molar-refractivity contribution in [3.63, 3.8) is 0 Å². The molecule has 1 fully saturated rings. The molecule has 0 spiro atoms. The standard InChI is InChI=1S/C20H33N/c1-6-16-8-7-9-19(14-16)21-15(2)17-10-12-18(13-11-17)20(3,4)5/h10-13,15-16,19,21H,6-9,14H2,1-5H3. The summed E-state index contributed by atoms with van der Waals surface area (Å²) in [6.45, 7) is 11.5. The van der Waals surface area contributed by atoms with Crippen LogP contribution < -0.4 is 5.32 Å². The molecule has 0 heterocycles. The van der Waals surface area contributed by atoms with Gasteiger partial charge in [0.15, 0.2) is 0 Å². The monoisotopic (exact) mass is 287 g/mol. The highest BCUT2D eigenvalue weighted by Gasteiger charge is 2.22. The van der Waals surface area contributed by atoms with Crippen LogP contribution in [-0.2, 0) is 5.41 Å². The molecule has 0 saturated heterocycles. The van der Waals surface area contributed by atoms with Crippen molar-refractivity contribution in [2.75, 3.05) is 0 Å². The second-order valence-electron chi connectivity index (χ2n) is 7.90. The van der Waals surface area contributed by atoms with E-state index in [0.717, 1.165) is 5.92 Å². The van der Waals surface area contributed by atoms with Gasteiger partial charge in [0.05, 0.1) is 0 Å². The van der Waals surface area contributed by atoms with Crippen LogP contribution in [0, 0.1) is 5.92 Å². The third kappa shape index (κ3) is 4.57. The zero-order valence-electron chi connectivity index (χ0n) is 14.6. The van der Waals surface area contributed by atoms with E-state index in [2.05, 4.69) is 64.2 Å². The first-order valence-corrected chi connectivity index (χ1v) is 8.76. The molecule has 0 aliphatic heterocycles. The maximum absolute atomic E-state index is 3.86. The van der Waals surface area contributed by atoms with Crippen LogP contribution in [0.25, 0.3) is 0 Å². The molecule has 1 heteroatoms. The van der Waals surface area contributed by atoms with E-state index in [1.54, 1.807) is 0 Å². The molecular formula is C20H33N. The zero-order chi connectivity index (χ0) is 15.5. The predicted molar refractivity (Wildman–Crippen MR) is 92.7 cm³/mol. The average Bonchev–Trinajstić information content (AvgIpc) is 2.46. The smallest absolute Gasteiger partial charge is 0.0294 e. The first-order chi connectivity index (χ1) is 9.90. The van der Waals surface area contributed by atoms with Crippen molar-refractivity contribution in [3.05, 3.63) is 35.4 Å². The Morgan fingerprint density at radius 2 is 1.81 bits per heavy atom. The van der Waals surface area contributed by atoms with Gasteiger partial charge < -0.3 is 5.32 Å². The molecule has 1 nitrogen and oxygen atoms in total. The van der Waals surface area contributed by atoms with Gasteiger partial charge in [0, 0.05) is 12.1 Å². The van der Waals surface area contributed by atoms with Crippen molar-refractivity contribution in [2.24, 2.45) is 5.92 Å². The maximum atomic E-state index is 3.86. The van der Waals surface area contributed by atoms with E-state index in [1.165, 1.54) is 43.2 Å². The quantitative estimate of drug-likeness (QED) is 0.759. The Kier molecular flexibility index (Phi) is 5.48. The van der Waals surface area contributed by atoms with Gasteiger partial charge in [-0.3, -0.25) is 0 Å². The number of benzene rings is 1. The highest BCUT2D eigenvalue weighted by molar-refractivity contribution is 5.29. The van der Waals surface area contributed by atoms with Crippen LogP contribution in [-0.4, -0.2) is 6.04 Å². The highest BCUT2D eigenvalue weighted by Crippen LogP contribution is 2.29. The largest absolute Gasteiger partial charge is 0.307 e. The van der Waals surface area contributed by atoms with E-state index >= 15 is 0 Å². The second kappa shape index (κ2) is 6.96. The van der Waals surface area contributed by atoms with Gasteiger partial charge in [-0.25, -0.2) is 0 Å². The Hall–Kier alpha value is -0.820. The molecule has 21 heavy (non-hydrogen) atoms.